The van der Waals surface area contributed by atoms with Crippen LogP contribution in [0.1, 0.15) is 65.4 Å². The lowest BCUT2D eigenvalue weighted by Crippen LogP contribution is -2.11. The molecule has 0 aromatic heterocycles. The molecule has 0 unspecified atom stereocenters. The van der Waals surface area contributed by atoms with Gasteiger partial charge in [0.15, 0.2) is 11.5 Å². The third-order valence-electron chi connectivity index (χ3n) is 3.70. The van der Waals surface area contributed by atoms with Crippen molar-refractivity contribution in [3.8, 4) is 17.2 Å². The van der Waals surface area contributed by atoms with Crippen molar-refractivity contribution in [3.63, 3.8) is 0 Å². The van der Waals surface area contributed by atoms with Crippen LogP contribution in [0.15, 0.2) is 12.1 Å². The summed E-state index contributed by atoms with van der Waals surface area (Å²) in [6.07, 6.45) is 6.45. The van der Waals surface area contributed by atoms with Crippen LogP contribution < -0.4 is 14.2 Å². The Kier molecular flexibility index (Phi) is 9.62. The third-order valence-corrected chi connectivity index (χ3v) is 3.70. The fourth-order valence-corrected chi connectivity index (χ4v) is 2.70. The van der Waals surface area contributed by atoms with Gasteiger partial charge in [-0.25, -0.2) is 0 Å². The topological polar surface area (TPSA) is 47.9 Å². The van der Waals surface area contributed by atoms with E-state index in [1.54, 1.807) is 7.11 Å². The number of aliphatic hydroxyl groups is 1. The van der Waals surface area contributed by atoms with Crippen LogP contribution >= 0.6 is 0 Å². The van der Waals surface area contributed by atoms with E-state index < -0.39 is 0 Å². The average Bonchev–Trinajstić information content (AvgIpc) is 2.51. The summed E-state index contributed by atoms with van der Waals surface area (Å²) in [4.78, 5) is 0. The fourth-order valence-electron chi connectivity index (χ4n) is 2.70. The van der Waals surface area contributed by atoms with Gasteiger partial charge in [0.1, 0.15) is 5.75 Å². The highest BCUT2D eigenvalue weighted by Crippen LogP contribution is 2.39. The van der Waals surface area contributed by atoms with Gasteiger partial charge in [0.2, 0.25) is 0 Å². The third kappa shape index (κ3) is 7.00. The van der Waals surface area contributed by atoms with Crippen molar-refractivity contribution in [2.75, 3.05) is 13.7 Å². The van der Waals surface area contributed by atoms with Crippen LogP contribution in [-0.4, -0.2) is 31.0 Å². The Morgan fingerprint density at radius 1 is 0.833 bits per heavy atom. The number of hydrogen-bond acceptors (Lipinski definition) is 4. The minimum absolute atomic E-state index is 0.0992. The molecular formula is C20H34O4. The summed E-state index contributed by atoms with van der Waals surface area (Å²) in [6, 6.07) is 3.92. The van der Waals surface area contributed by atoms with Gasteiger partial charge >= 0.3 is 0 Å². The van der Waals surface area contributed by atoms with Gasteiger partial charge in [0, 0.05) is 12.2 Å². The number of ether oxygens (including phenoxy) is 3. The summed E-state index contributed by atoms with van der Waals surface area (Å²) in [5, 5.41) is 8.84. The highest BCUT2D eigenvalue weighted by molar-refractivity contribution is 5.54. The summed E-state index contributed by atoms with van der Waals surface area (Å²) >= 11 is 0. The summed E-state index contributed by atoms with van der Waals surface area (Å²) in [7, 11) is 1.69. The quantitative estimate of drug-likeness (QED) is 0.558. The minimum Gasteiger partial charge on any atom is -0.492 e. The second-order valence-corrected chi connectivity index (χ2v) is 6.65. The molecule has 1 aromatic rings. The molecule has 138 valence electrons. The van der Waals surface area contributed by atoms with Crippen molar-refractivity contribution < 1.29 is 19.3 Å². The molecule has 0 amide bonds. The maximum atomic E-state index is 8.84. The first-order valence-electron chi connectivity index (χ1n) is 9.13. The van der Waals surface area contributed by atoms with E-state index in [0.29, 0.717) is 0 Å². The number of benzene rings is 1. The molecule has 4 nitrogen and oxygen atoms in total. The van der Waals surface area contributed by atoms with E-state index in [9.17, 15) is 0 Å². The number of aliphatic hydroxyl groups excluding tert-OH is 1. The summed E-state index contributed by atoms with van der Waals surface area (Å²) in [5.74, 6) is 2.45. The molecule has 0 saturated heterocycles. The van der Waals surface area contributed by atoms with Crippen molar-refractivity contribution >= 4 is 0 Å². The maximum absolute atomic E-state index is 8.84. The summed E-state index contributed by atoms with van der Waals surface area (Å²) in [6.45, 7) is 8.37. The molecule has 4 heteroatoms. The molecule has 0 aliphatic carbocycles. The van der Waals surface area contributed by atoms with Crippen molar-refractivity contribution in [1.29, 1.82) is 0 Å². The molecule has 0 atom stereocenters. The van der Waals surface area contributed by atoms with Crippen LogP contribution in [0.2, 0.25) is 0 Å². The lowest BCUT2D eigenvalue weighted by molar-refractivity contribution is 0.221. The zero-order valence-electron chi connectivity index (χ0n) is 15.9. The monoisotopic (exact) mass is 338 g/mol. The Hall–Kier alpha value is -1.42. The fraction of sp³-hybridized carbons (Fsp3) is 0.700. The predicted octanol–water partition coefficient (Wildman–Crippen LogP) is 4.75. The largest absolute Gasteiger partial charge is 0.492 e. The van der Waals surface area contributed by atoms with E-state index in [4.69, 9.17) is 19.3 Å². The molecule has 0 heterocycles. The second-order valence-electron chi connectivity index (χ2n) is 6.65. The Morgan fingerprint density at radius 3 is 1.96 bits per heavy atom. The summed E-state index contributed by atoms with van der Waals surface area (Å²) < 4.78 is 17.5. The van der Waals surface area contributed by atoms with Crippen LogP contribution in [0.25, 0.3) is 0 Å². The lowest BCUT2D eigenvalue weighted by atomic mass is 10.0. The van der Waals surface area contributed by atoms with Gasteiger partial charge in [-0.3, -0.25) is 0 Å². The van der Waals surface area contributed by atoms with Crippen molar-refractivity contribution in [2.24, 2.45) is 0 Å². The van der Waals surface area contributed by atoms with Crippen molar-refractivity contribution in [1.82, 2.24) is 0 Å². The zero-order valence-corrected chi connectivity index (χ0v) is 15.9. The molecule has 1 rings (SSSR count). The average molecular weight is 338 g/mol. The highest BCUT2D eigenvalue weighted by atomic mass is 16.5. The van der Waals surface area contributed by atoms with Gasteiger partial charge in [-0.2, -0.15) is 0 Å². The number of rotatable bonds is 12. The van der Waals surface area contributed by atoms with E-state index in [1.165, 1.54) is 0 Å². The van der Waals surface area contributed by atoms with Gasteiger partial charge in [-0.15, -0.1) is 0 Å². The Labute approximate surface area is 147 Å². The van der Waals surface area contributed by atoms with E-state index in [1.807, 2.05) is 39.8 Å². The van der Waals surface area contributed by atoms with E-state index in [0.717, 1.165) is 61.3 Å². The van der Waals surface area contributed by atoms with Crippen LogP contribution in [-0.2, 0) is 6.42 Å². The van der Waals surface area contributed by atoms with Crippen LogP contribution in [0.5, 0.6) is 17.2 Å². The molecule has 0 aliphatic heterocycles. The lowest BCUT2D eigenvalue weighted by Gasteiger charge is -2.21. The molecule has 0 fully saturated rings. The molecule has 0 aliphatic rings. The first-order valence-corrected chi connectivity index (χ1v) is 9.13. The van der Waals surface area contributed by atoms with Crippen molar-refractivity contribution in [3.05, 3.63) is 17.7 Å². The molecule has 0 saturated carbocycles. The normalized spacial score (nSPS) is 11.2. The smallest absolute Gasteiger partial charge is 0.167 e. The number of unbranched alkanes of at least 4 members (excludes halogenated alkanes) is 4. The number of methoxy groups -OCH3 is 1. The SMILES string of the molecule is COc1c(OC(C)C)ccc(OC(C)C)c1CCCCCCCO. The van der Waals surface area contributed by atoms with E-state index in [-0.39, 0.29) is 18.8 Å². The minimum atomic E-state index is 0.0992. The van der Waals surface area contributed by atoms with Gasteiger partial charge in [-0.1, -0.05) is 19.3 Å². The molecule has 1 aromatic carbocycles. The maximum Gasteiger partial charge on any atom is 0.167 e. The Morgan fingerprint density at radius 2 is 1.38 bits per heavy atom. The summed E-state index contributed by atoms with van der Waals surface area (Å²) in [5.41, 5.74) is 1.09. The molecule has 0 spiro atoms. The van der Waals surface area contributed by atoms with Gasteiger partial charge in [-0.05, 0) is 59.1 Å². The van der Waals surface area contributed by atoms with E-state index >= 15 is 0 Å². The molecule has 0 radical (unpaired) electrons. The second kappa shape index (κ2) is 11.2. The first kappa shape index (κ1) is 20.6. The van der Waals surface area contributed by atoms with Gasteiger partial charge < -0.3 is 19.3 Å². The van der Waals surface area contributed by atoms with Crippen molar-refractivity contribution in [2.45, 2.75) is 78.4 Å². The molecule has 0 bridgehead atoms. The Bertz CT molecular complexity index is 469. The standard InChI is InChI=1S/C20H34O4/c1-15(2)23-18-12-13-19(24-16(3)4)20(22-5)17(18)11-9-7-6-8-10-14-21/h12-13,15-16,21H,6-11,14H2,1-5H3. The van der Waals surface area contributed by atoms with Crippen LogP contribution in [0, 0.1) is 0 Å². The molecule has 1 N–H and O–H groups in total. The predicted molar refractivity (Wildman–Crippen MR) is 98.4 cm³/mol. The highest BCUT2D eigenvalue weighted by Gasteiger charge is 2.17. The molecular weight excluding hydrogens is 304 g/mol. The van der Waals surface area contributed by atoms with Crippen LogP contribution in [0.3, 0.4) is 0 Å². The zero-order chi connectivity index (χ0) is 17.9. The van der Waals surface area contributed by atoms with Gasteiger partial charge in [0.25, 0.3) is 0 Å². The van der Waals surface area contributed by atoms with Gasteiger partial charge in [0.05, 0.1) is 19.3 Å². The number of hydrogen-bond donors (Lipinski definition) is 1. The van der Waals surface area contributed by atoms with E-state index in [2.05, 4.69) is 0 Å². The Balaban J connectivity index is 2.88. The first-order chi connectivity index (χ1) is 11.5. The van der Waals surface area contributed by atoms with Crippen LogP contribution in [0.4, 0.5) is 0 Å². The molecule has 24 heavy (non-hydrogen) atoms.